The van der Waals surface area contributed by atoms with Crippen LogP contribution in [0.3, 0.4) is 0 Å². The number of hydrogen-bond acceptors (Lipinski definition) is 6. The van der Waals surface area contributed by atoms with E-state index in [-0.39, 0.29) is 30.0 Å². The third-order valence-electron chi connectivity index (χ3n) is 6.51. The van der Waals surface area contributed by atoms with E-state index in [0.29, 0.717) is 56.3 Å². The van der Waals surface area contributed by atoms with Crippen molar-refractivity contribution >= 4 is 23.6 Å². The molecule has 0 bridgehead atoms. The van der Waals surface area contributed by atoms with Crippen LogP contribution in [0.2, 0.25) is 0 Å². The number of nitrogens with zero attached hydrogens (tertiary/aromatic N) is 2. The summed E-state index contributed by atoms with van der Waals surface area (Å²) >= 11 is 0. The molecule has 2 heterocycles. The first kappa shape index (κ1) is 23.3. The van der Waals surface area contributed by atoms with Gasteiger partial charge in [-0.15, -0.1) is 0 Å². The SMILES string of the molecule is CC(C)(C)OC(=O)N1CCC(COc2cccc3c2CN(C2CCC(=O)CC2=O)C3=O)CC1. The minimum atomic E-state index is -0.535. The second-order valence-electron chi connectivity index (χ2n) is 10.2. The lowest BCUT2D eigenvalue weighted by Gasteiger charge is -2.33. The van der Waals surface area contributed by atoms with Crippen LogP contribution >= 0.6 is 0 Å². The number of likely N-dealkylation sites (tertiary alicyclic amines) is 1. The molecule has 0 aromatic heterocycles. The molecule has 2 amide bonds. The van der Waals surface area contributed by atoms with Gasteiger partial charge >= 0.3 is 6.09 Å². The molecule has 0 spiro atoms. The lowest BCUT2D eigenvalue weighted by atomic mass is 9.92. The van der Waals surface area contributed by atoms with Crippen molar-refractivity contribution in [3.63, 3.8) is 0 Å². The Labute approximate surface area is 194 Å². The Balaban J connectivity index is 1.34. The van der Waals surface area contributed by atoms with Gasteiger partial charge in [-0.05, 0) is 58.1 Å². The number of benzene rings is 1. The maximum absolute atomic E-state index is 13.0. The summed E-state index contributed by atoms with van der Waals surface area (Å²) in [5.74, 6) is 0.568. The first-order valence-electron chi connectivity index (χ1n) is 11.7. The van der Waals surface area contributed by atoms with E-state index in [9.17, 15) is 19.2 Å². The number of carbonyl (C=O) groups is 4. The van der Waals surface area contributed by atoms with E-state index < -0.39 is 11.6 Å². The van der Waals surface area contributed by atoms with Gasteiger partial charge in [0.25, 0.3) is 5.91 Å². The summed E-state index contributed by atoms with van der Waals surface area (Å²) in [6.45, 7) is 7.67. The highest BCUT2D eigenvalue weighted by molar-refractivity contribution is 6.07. The first-order valence-corrected chi connectivity index (χ1v) is 11.7. The molecule has 1 saturated heterocycles. The molecule has 0 radical (unpaired) electrons. The summed E-state index contributed by atoms with van der Waals surface area (Å²) in [6, 6.07) is 4.89. The van der Waals surface area contributed by atoms with Gasteiger partial charge < -0.3 is 19.3 Å². The fourth-order valence-electron chi connectivity index (χ4n) is 4.72. The average molecular weight is 457 g/mol. The molecule has 1 aromatic rings. The van der Waals surface area contributed by atoms with Gasteiger partial charge in [0.05, 0.1) is 25.6 Å². The molecule has 0 N–H and O–H groups in total. The fourth-order valence-corrected chi connectivity index (χ4v) is 4.72. The van der Waals surface area contributed by atoms with E-state index in [0.717, 1.165) is 18.4 Å². The Hall–Kier alpha value is -2.90. The van der Waals surface area contributed by atoms with Crippen molar-refractivity contribution in [1.82, 2.24) is 9.80 Å². The molecule has 3 aliphatic rings. The van der Waals surface area contributed by atoms with Gasteiger partial charge in [0.2, 0.25) is 0 Å². The highest BCUT2D eigenvalue weighted by atomic mass is 16.6. The van der Waals surface area contributed by atoms with E-state index in [1.807, 2.05) is 26.8 Å². The van der Waals surface area contributed by atoms with Crippen molar-refractivity contribution in [3.05, 3.63) is 29.3 Å². The number of ketones is 2. The highest BCUT2D eigenvalue weighted by Crippen LogP contribution is 2.35. The normalized spacial score (nSPS) is 21.9. The third-order valence-corrected chi connectivity index (χ3v) is 6.51. The number of rotatable bonds is 4. The molecule has 1 aliphatic carbocycles. The second-order valence-corrected chi connectivity index (χ2v) is 10.2. The van der Waals surface area contributed by atoms with Crippen molar-refractivity contribution in [2.24, 2.45) is 5.92 Å². The minimum Gasteiger partial charge on any atom is -0.493 e. The Kier molecular flexibility index (Phi) is 6.45. The molecule has 1 unspecified atom stereocenters. The summed E-state index contributed by atoms with van der Waals surface area (Å²) in [5, 5.41) is 0. The van der Waals surface area contributed by atoms with Crippen LogP contribution < -0.4 is 4.74 Å². The Bertz CT molecular complexity index is 958. The Morgan fingerprint density at radius 1 is 1.09 bits per heavy atom. The van der Waals surface area contributed by atoms with Crippen LogP contribution in [0.25, 0.3) is 0 Å². The lowest BCUT2D eigenvalue weighted by Crippen LogP contribution is -2.44. The van der Waals surface area contributed by atoms with E-state index in [2.05, 4.69) is 0 Å². The number of carbonyl (C=O) groups excluding carboxylic acids is 4. The van der Waals surface area contributed by atoms with Gasteiger partial charge in [0.1, 0.15) is 17.1 Å². The zero-order valence-corrected chi connectivity index (χ0v) is 19.6. The lowest BCUT2D eigenvalue weighted by molar-refractivity contribution is -0.133. The molecule has 8 nitrogen and oxygen atoms in total. The largest absolute Gasteiger partial charge is 0.493 e. The topological polar surface area (TPSA) is 93.2 Å². The molecular formula is C25H32N2O6. The molecule has 1 atom stereocenters. The number of Topliss-reactive ketones (excluding diaryl/α,β-unsaturated/α-hetero) is 2. The quantitative estimate of drug-likeness (QED) is 0.645. The van der Waals surface area contributed by atoms with Crippen molar-refractivity contribution < 1.29 is 28.7 Å². The Morgan fingerprint density at radius 3 is 2.48 bits per heavy atom. The van der Waals surface area contributed by atoms with Crippen LogP contribution in [0.15, 0.2) is 18.2 Å². The summed E-state index contributed by atoms with van der Waals surface area (Å²) < 4.78 is 11.6. The van der Waals surface area contributed by atoms with Gasteiger partial charge in [-0.2, -0.15) is 0 Å². The van der Waals surface area contributed by atoms with Crippen LogP contribution in [0.5, 0.6) is 5.75 Å². The van der Waals surface area contributed by atoms with Crippen LogP contribution in [-0.2, 0) is 20.9 Å². The summed E-state index contributed by atoms with van der Waals surface area (Å²) in [4.78, 5) is 52.5. The molecule has 33 heavy (non-hydrogen) atoms. The van der Waals surface area contributed by atoms with Gasteiger partial charge in [0.15, 0.2) is 5.78 Å². The maximum atomic E-state index is 13.0. The van der Waals surface area contributed by atoms with Gasteiger partial charge in [-0.25, -0.2) is 4.79 Å². The number of fused-ring (bicyclic) bond motifs is 1. The van der Waals surface area contributed by atoms with Gasteiger partial charge in [0, 0.05) is 30.6 Å². The summed E-state index contributed by atoms with van der Waals surface area (Å²) in [5.41, 5.74) is 0.865. The van der Waals surface area contributed by atoms with E-state index in [1.54, 1.807) is 21.9 Å². The highest BCUT2D eigenvalue weighted by Gasteiger charge is 2.40. The van der Waals surface area contributed by atoms with E-state index in [4.69, 9.17) is 9.47 Å². The molecule has 2 fully saturated rings. The number of amides is 2. The van der Waals surface area contributed by atoms with E-state index in [1.165, 1.54) is 0 Å². The molecular weight excluding hydrogens is 424 g/mol. The summed E-state index contributed by atoms with van der Waals surface area (Å²) in [7, 11) is 0. The molecule has 2 aliphatic heterocycles. The first-order chi connectivity index (χ1) is 15.6. The van der Waals surface area contributed by atoms with Crippen LogP contribution in [0.1, 0.15) is 68.8 Å². The molecule has 1 saturated carbocycles. The number of piperidine rings is 1. The third kappa shape index (κ3) is 5.20. The predicted octanol–water partition coefficient (Wildman–Crippen LogP) is 3.36. The fraction of sp³-hybridized carbons (Fsp3) is 0.600. The smallest absolute Gasteiger partial charge is 0.410 e. The molecule has 4 rings (SSSR count). The predicted molar refractivity (Wildman–Crippen MR) is 120 cm³/mol. The maximum Gasteiger partial charge on any atom is 0.410 e. The molecule has 8 heteroatoms. The van der Waals surface area contributed by atoms with Crippen molar-refractivity contribution in [3.8, 4) is 5.75 Å². The standard InChI is InChI=1S/C25H32N2O6/c1-25(2,3)33-24(31)26-11-9-16(10-12-26)15-32-22-6-4-5-18-19(22)14-27(23(18)30)20-8-7-17(28)13-21(20)29/h4-6,16,20H,7-15H2,1-3H3. The van der Waals surface area contributed by atoms with Crippen molar-refractivity contribution in [2.45, 2.75) is 71.1 Å². The number of hydrogen-bond donors (Lipinski definition) is 0. The van der Waals surface area contributed by atoms with Gasteiger partial charge in [-0.1, -0.05) is 6.07 Å². The second kappa shape index (κ2) is 9.15. The van der Waals surface area contributed by atoms with Gasteiger partial charge in [-0.3, -0.25) is 14.4 Å². The Morgan fingerprint density at radius 2 is 1.82 bits per heavy atom. The zero-order chi connectivity index (χ0) is 23.8. The average Bonchev–Trinajstić information content (AvgIpc) is 3.08. The molecule has 178 valence electrons. The van der Waals surface area contributed by atoms with Crippen molar-refractivity contribution in [2.75, 3.05) is 19.7 Å². The van der Waals surface area contributed by atoms with Crippen molar-refractivity contribution in [1.29, 1.82) is 0 Å². The van der Waals surface area contributed by atoms with Crippen LogP contribution in [-0.4, -0.2) is 64.7 Å². The van der Waals surface area contributed by atoms with E-state index >= 15 is 0 Å². The monoisotopic (exact) mass is 456 g/mol. The van der Waals surface area contributed by atoms with Crippen LogP contribution in [0, 0.1) is 5.92 Å². The number of ether oxygens (including phenoxy) is 2. The molecule has 1 aromatic carbocycles. The summed E-state index contributed by atoms with van der Waals surface area (Å²) in [6.07, 6.45) is 2.01. The van der Waals surface area contributed by atoms with Crippen LogP contribution in [0.4, 0.5) is 4.79 Å². The zero-order valence-electron chi connectivity index (χ0n) is 19.6. The minimum absolute atomic E-state index is 0.0536.